The zero-order chi connectivity index (χ0) is 15.1. The molecule has 0 aromatic heterocycles. The Kier molecular flexibility index (Phi) is 3.14. The standard InChI is InChI=1S/C19H20N2O/c1-14-12-16-7-3-5-9-18(16)21(14)13-19(22)20-11-10-15-6-2-4-8-17(15)20/h2-9,14H,10-13H2,1H3/t14-/m0/s1. The van der Waals surface area contributed by atoms with Crippen LogP contribution in [0.25, 0.3) is 0 Å². The number of para-hydroxylation sites is 2. The van der Waals surface area contributed by atoms with Crippen LogP contribution < -0.4 is 9.80 Å². The first-order valence-corrected chi connectivity index (χ1v) is 7.97. The summed E-state index contributed by atoms with van der Waals surface area (Å²) in [5.74, 6) is 0.202. The van der Waals surface area contributed by atoms with Gasteiger partial charge in [-0.05, 0) is 43.0 Å². The van der Waals surface area contributed by atoms with Crippen molar-refractivity contribution in [3.8, 4) is 0 Å². The number of amides is 1. The Hall–Kier alpha value is -2.29. The Labute approximate surface area is 131 Å². The molecule has 1 amide bonds. The highest BCUT2D eigenvalue weighted by Crippen LogP contribution is 2.33. The molecule has 2 aromatic carbocycles. The predicted molar refractivity (Wildman–Crippen MR) is 89.5 cm³/mol. The van der Waals surface area contributed by atoms with Gasteiger partial charge < -0.3 is 9.80 Å². The summed E-state index contributed by atoms with van der Waals surface area (Å²) in [7, 11) is 0. The summed E-state index contributed by atoms with van der Waals surface area (Å²) in [6, 6.07) is 17.1. The number of fused-ring (bicyclic) bond motifs is 2. The minimum Gasteiger partial charge on any atom is -0.359 e. The minimum atomic E-state index is 0.202. The first-order valence-electron chi connectivity index (χ1n) is 7.97. The third kappa shape index (κ3) is 2.08. The summed E-state index contributed by atoms with van der Waals surface area (Å²) in [6.45, 7) is 3.47. The maximum atomic E-state index is 12.8. The molecule has 0 unspecified atom stereocenters. The van der Waals surface area contributed by atoms with Crippen LogP contribution in [0, 0.1) is 0 Å². The molecule has 0 saturated carbocycles. The van der Waals surface area contributed by atoms with Gasteiger partial charge in [-0.2, -0.15) is 0 Å². The van der Waals surface area contributed by atoms with E-state index in [2.05, 4.69) is 48.2 Å². The number of hydrogen-bond donors (Lipinski definition) is 0. The summed E-state index contributed by atoms with van der Waals surface area (Å²) in [4.78, 5) is 17.0. The summed E-state index contributed by atoms with van der Waals surface area (Å²) >= 11 is 0. The molecule has 3 heteroatoms. The lowest BCUT2D eigenvalue weighted by molar-refractivity contribution is -0.117. The highest BCUT2D eigenvalue weighted by molar-refractivity contribution is 5.98. The summed E-state index contributed by atoms with van der Waals surface area (Å²) in [5.41, 5.74) is 4.94. The van der Waals surface area contributed by atoms with E-state index in [1.807, 2.05) is 17.0 Å². The topological polar surface area (TPSA) is 23.6 Å². The Morgan fingerprint density at radius 2 is 1.73 bits per heavy atom. The Morgan fingerprint density at radius 1 is 1.05 bits per heavy atom. The first-order chi connectivity index (χ1) is 10.7. The molecule has 0 aliphatic carbocycles. The lowest BCUT2D eigenvalue weighted by Crippen LogP contribution is -2.42. The van der Waals surface area contributed by atoms with E-state index in [0.717, 1.165) is 25.1 Å². The molecule has 2 aliphatic rings. The number of carbonyl (C=O) groups is 1. The van der Waals surface area contributed by atoms with Crippen molar-refractivity contribution < 1.29 is 4.79 Å². The van der Waals surface area contributed by atoms with E-state index >= 15 is 0 Å². The van der Waals surface area contributed by atoms with Crippen molar-refractivity contribution in [1.82, 2.24) is 0 Å². The average Bonchev–Trinajstić information content (AvgIpc) is 3.09. The van der Waals surface area contributed by atoms with Crippen molar-refractivity contribution in [3.63, 3.8) is 0 Å². The van der Waals surface area contributed by atoms with Gasteiger partial charge in [-0.15, -0.1) is 0 Å². The molecule has 22 heavy (non-hydrogen) atoms. The number of benzene rings is 2. The smallest absolute Gasteiger partial charge is 0.246 e. The van der Waals surface area contributed by atoms with Gasteiger partial charge in [-0.3, -0.25) is 4.79 Å². The van der Waals surface area contributed by atoms with E-state index in [9.17, 15) is 4.79 Å². The van der Waals surface area contributed by atoms with Gasteiger partial charge in [-0.1, -0.05) is 36.4 Å². The molecule has 112 valence electrons. The molecule has 0 radical (unpaired) electrons. The molecule has 1 atom stereocenters. The van der Waals surface area contributed by atoms with Gasteiger partial charge in [0.15, 0.2) is 0 Å². The van der Waals surface area contributed by atoms with Crippen LogP contribution in [0.3, 0.4) is 0 Å². The van der Waals surface area contributed by atoms with Gasteiger partial charge in [0, 0.05) is 24.0 Å². The van der Waals surface area contributed by atoms with Crippen molar-refractivity contribution >= 4 is 17.3 Å². The third-order valence-electron chi connectivity index (χ3n) is 4.84. The average molecular weight is 292 g/mol. The SMILES string of the molecule is C[C@H]1Cc2ccccc2N1CC(=O)N1CCc2ccccc21. The van der Waals surface area contributed by atoms with Crippen molar-refractivity contribution in [2.24, 2.45) is 0 Å². The van der Waals surface area contributed by atoms with Gasteiger partial charge in [0.25, 0.3) is 0 Å². The van der Waals surface area contributed by atoms with Crippen molar-refractivity contribution in [2.45, 2.75) is 25.8 Å². The second-order valence-corrected chi connectivity index (χ2v) is 6.23. The van der Waals surface area contributed by atoms with Crippen LogP contribution in [0.4, 0.5) is 11.4 Å². The molecule has 3 nitrogen and oxygen atoms in total. The largest absolute Gasteiger partial charge is 0.359 e. The molecule has 0 bridgehead atoms. The van der Waals surface area contributed by atoms with Crippen LogP contribution >= 0.6 is 0 Å². The predicted octanol–water partition coefficient (Wildman–Crippen LogP) is 3.03. The van der Waals surface area contributed by atoms with Crippen molar-refractivity contribution in [1.29, 1.82) is 0 Å². The highest BCUT2D eigenvalue weighted by Gasteiger charge is 2.30. The Bertz CT molecular complexity index is 725. The fourth-order valence-electron chi connectivity index (χ4n) is 3.70. The molecule has 0 N–H and O–H groups in total. The maximum absolute atomic E-state index is 12.8. The molecule has 2 aromatic rings. The maximum Gasteiger partial charge on any atom is 0.246 e. The number of hydrogen-bond acceptors (Lipinski definition) is 2. The Morgan fingerprint density at radius 3 is 2.55 bits per heavy atom. The second kappa shape index (κ2) is 5.16. The zero-order valence-electron chi connectivity index (χ0n) is 12.8. The zero-order valence-corrected chi connectivity index (χ0v) is 12.8. The van der Waals surface area contributed by atoms with E-state index in [0.29, 0.717) is 12.6 Å². The van der Waals surface area contributed by atoms with E-state index in [1.54, 1.807) is 0 Å². The molecule has 2 aliphatic heterocycles. The normalized spacial score (nSPS) is 19.2. The van der Waals surface area contributed by atoms with Crippen LogP contribution in [-0.4, -0.2) is 25.0 Å². The van der Waals surface area contributed by atoms with Gasteiger partial charge in [0.05, 0.1) is 6.54 Å². The number of anilines is 2. The lowest BCUT2D eigenvalue weighted by atomic mass is 10.1. The monoisotopic (exact) mass is 292 g/mol. The highest BCUT2D eigenvalue weighted by atomic mass is 16.2. The van der Waals surface area contributed by atoms with Crippen molar-refractivity contribution in [3.05, 3.63) is 59.7 Å². The fraction of sp³-hybridized carbons (Fsp3) is 0.316. The van der Waals surface area contributed by atoms with Crippen LogP contribution in [0.2, 0.25) is 0 Å². The summed E-state index contributed by atoms with van der Waals surface area (Å²) in [6.07, 6.45) is 1.99. The molecule has 0 spiro atoms. The van der Waals surface area contributed by atoms with E-state index in [-0.39, 0.29) is 5.91 Å². The molecule has 0 saturated heterocycles. The Balaban J connectivity index is 1.56. The van der Waals surface area contributed by atoms with E-state index in [4.69, 9.17) is 0 Å². The van der Waals surface area contributed by atoms with Gasteiger partial charge in [0.2, 0.25) is 5.91 Å². The molecular weight excluding hydrogens is 272 g/mol. The fourth-order valence-corrected chi connectivity index (χ4v) is 3.70. The number of nitrogens with zero attached hydrogens (tertiary/aromatic N) is 2. The third-order valence-corrected chi connectivity index (χ3v) is 4.84. The molecular formula is C19H20N2O. The van der Waals surface area contributed by atoms with E-state index in [1.165, 1.54) is 16.8 Å². The number of carbonyl (C=O) groups excluding carboxylic acids is 1. The quantitative estimate of drug-likeness (QED) is 0.849. The molecule has 2 heterocycles. The van der Waals surface area contributed by atoms with Crippen molar-refractivity contribution in [2.75, 3.05) is 22.9 Å². The van der Waals surface area contributed by atoms with E-state index < -0.39 is 0 Å². The van der Waals surface area contributed by atoms with Gasteiger partial charge >= 0.3 is 0 Å². The van der Waals surface area contributed by atoms with Crippen LogP contribution in [0.15, 0.2) is 48.5 Å². The first kappa shape index (κ1) is 13.4. The lowest BCUT2D eigenvalue weighted by Gasteiger charge is -2.27. The molecule has 0 fully saturated rings. The van der Waals surface area contributed by atoms with Gasteiger partial charge in [-0.25, -0.2) is 0 Å². The van der Waals surface area contributed by atoms with Crippen LogP contribution in [0.1, 0.15) is 18.1 Å². The molecule has 4 rings (SSSR count). The van der Waals surface area contributed by atoms with Crippen LogP contribution in [-0.2, 0) is 17.6 Å². The van der Waals surface area contributed by atoms with Gasteiger partial charge in [0.1, 0.15) is 0 Å². The number of rotatable bonds is 2. The summed E-state index contributed by atoms with van der Waals surface area (Å²) in [5, 5.41) is 0. The summed E-state index contributed by atoms with van der Waals surface area (Å²) < 4.78 is 0. The van der Waals surface area contributed by atoms with Crippen LogP contribution in [0.5, 0.6) is 0 Å². The minimum absolute atomic E-state index is 0.202. The second-order valence-electron chi connectivity index (χ2n) is 6.23.